The highest BCUT2D eigenvalue weighted by Crippen LogP contribution is 2.41. The lowest BCUT2D eigenvalue weighted by Crippen LogP contribution is -2.09. The predicted octanol–water partition coefficient (Wildman–Crippen LogP) is 4.14. The molecule has 1 aromatic carbocycles. The van der Waals surface area contributed by atoms with Crippen LogP contribution in [0.4, 0.5) is 10.7 Å². The van der Waals surface area contributed by atoms with Gasteiger partial charge in [0.1, 0.15) is 15.9 Å². The number of nitrogens with two attached hydrogens (primary N) is 1. The first-order chi connectivity index (χ1) is 9.67. The SMILES string of the molecule is CSc1c(NCC(C)c2ccccc2)sc(C#N)c1N. The summed E-state index contributed by atoms with van der Waals surface area (Å²) in [5.74, 6) is 0.403. The Morgan fingerprint density at radius 2 is 2.10 bits per heavy atom. The lowest BCUT2D eigenvalue weighted by Gasteiger charge is -2.13. The maximum atomic E-state index is 9.05. The Balaban J connectivity index is 2.10. The summed E-state index contributed by atoms with van der Waals surface area (Å²) in [5, 5.41) is 13.5. The standard InChI is InChI=1S/C15H17N3S2/c1-10(11-6-4-3-5-7-11)9-18-15-14(19-2)13(17)12(8-16)20-15/h3-7,10,18H,9,17H2,1-2H3. The van der Waals surface area contributed by atoms with Gasteiger partial charge in [0.2, 0.25) is 0 Å². The number of nitrogen functional groups attached to an aromatic ring is 1. The zero-order chi connectivity index (χ0) is 14.5. The third-order valence-corrected chi connectivity index (χ3v) is 5.17. The fraction of sp³-hybridized carbons (Fsp3) is 0.267. The minimum atomic E-state index is 0.403. The van der Waals surface area contributed by atoms with Crippen LogP contribution in [0, 0.1) is 11.3 Å². The van der Waals surface area contributed by atoms with E-state index in [2.05, 4.69) is 42.6 Å². The van der Waals surface area contributed by atoms with Crippen molar-refractivity contribution in [3.63, 3.8) is 0 Å². The summed E-state index contributed by atoms with van der Waals surface area (Å²) in [6.07, 6.45) is 1.98. The largest absolute Gasteiger partial charge is 0.396 e. The second-order valence-corrected chi connectivity index (χ2v) is 6.35. The molecule has 104 valence electrons. The van der Waals surface area contributed by atoms with E-state index >= 15 is 0 Å². The van der Waals surface area contributed by atoms with Crippen molar-refractivity contribution in [1.29, 1.82) is 5.26 Å². The molecule has 1 atom stereocenters. The van der Waals surface area contributed by atoms with Gasteiger partial charge in [0.15, 0.2) is 0 Å². The van der Waals surface area contributed by atoms with Crippen LogP contribution in [0.15, 0.2) is 35.2 Å². The molecule has 5 heteroatoms. The third-order valence-electron chi connectivity index (χ3n) is 3.14. The van der Waals surface area contributed by atoms with E-state index in [1.807, 2.05) is 12.3 Å². The maximum Gasteiger partial charge on any atom is 0.131 e. The number of rotatable bonds is 5. The minimum Gasteiger partial charge on any atom is -0.396 e. The van der Waals surface area contributed by atoms with E-state index in [9.17, 15) is 0 Å². The molecule has 0 saturated carbocycles. The molecular formula is C15H17N3S2. The summed E-state index contributed by atoms with van der Waals surface area (Å²) in [5.41, 5.74) is 7.87. The van der Waals surface area contributed by atoms with Crippen molar-refractivity contribution in [2.24, 2.45) is 0 Å². The predicted molar refractivity (Wildman–Crippen MR) is 88.6 cm³/mol. The van der Waals surface area contributed by atoms with E-state index < -0.39 is 0 Å². The quantitative estimate of drug-likeness (QED) is 0.815. The second kappa shape index (κ2) is 6.69. The molecule has 3 nitrogen and oxygen atoms in total. The van der Waals surface area contributed by atoms with E-state index in [-0.39, 0.29) is 0 Å². The first kappa shape index (κ1) is 14.8. The van der Waals surface area contributed by atoms with Gasteiger partial charge in [0.25, 0.3) is 0 Å². The van der Waals surface area contributed by atoms with Gasteiger partial charge in [-0.1, -0.05) is 37.3 Å². The van der Waals surface area contributed by atoms with Gasteiger partial charge >= 0.3 is 0 Å². The Morgan fingerprint density at radius 1 is 1.40 bits per heavy atom. The highest BCUT2D eigenvalue weighted by Gasteiger charge is 2.15. The van der Waals surface area contributed by atoms with Crippen molar-refractivity contribution >= 4 is 33.8 Å². The molecule has 2 rings (SSSR count). The van der Waals surface area contributed by atoms with Gasteiger partial charge in [-0.3, -0.25) is 0 Å². The lowest BCUT2D eigenvalue weighted by atomic mass is 10.0. The number of anilines is 2. The molecule has 2 aromatic rings. The Morgan fingerprint density at radius 3 is 2.70 bits per heavy atom. The van der Waals surface area contributed by atoms with Crippen LogP contribution in [0.1, 0.15) is 23.3 Å². The Bertz CT molecular complexity index is 614. The molecular weight excluding hydrogens is 286 g/mol. The summed E-state index contributed by atoms with van der Waals surface area (Å²) in [6, 6.07) is 12.5. The van der Waals surface area contributed by atoms with Crippen molar-refractivity contribution in [2.45, 2.75) is 17.7 Å². The molecule has 0 amide bonds. The van der Waals surface area contributed by atoms with Crippen molar-refractivity contribution in [1.82, 2.24) is 0 Å². The molecule has 0 spiro atoms. The molecule has 0 aliphatic heterocycles. The van der Waals surface area contributed by atoms with Gasteiger partial charge < -0.3 is 11.1 Å². The number of benzene rings is 1. The first-order valence-electron chi connectivity index (χ1n) is 6.32. The van der Waals surface area contributed by atoms with Gasteiger partial charge in [0.05, 0.1) is 10.6 Å². The molecule has 1 aromatic heterocycles. The minimum absolute atomic E-state index is 0.403. The van der Waals surface area contributed by atoms with Crippen LogP contribution in [0.2, 0.25) is 0 Å². The van der Waals surface area contributed by atoms with E-state index in [4.69, 9.17) is 11.0 Å². The fourth-order valence-corrected chi connectivity index (χ4v) is 3.82. The number of nitriles is 1. The van der Waals surface area contributed by atoms with Crippen LogP contribution < -0.4 is 11.1 Å². The van der Waals surface area contributed by atoms with E-state index in [1.165, 1.54) is 16.9 Å². The molecule has 0 bridgehead atoms. The molecule has 20 heavy (non-hydrogen) atoms. The van der Waals surface area contributed by atoms with Crippen LogP contribution in [0.3, 0.4) is 0 Å². The molecule has 0 fully saturated rings. The summed E-state index contributed by atoms with van der Waals surface area (Å²) >= 11 is 3.01. The lowest BCUT2D eigenvalue weighted by molar-refractivity contribution is 0.805. The van der Waals surface area contributed by atoms with Crippen molar-refractivity contribution in [3.05, 3.63) is 40.8 Å². The summed E-state index contributed by atoms with van der Waals surface area (Å²) < 4.78 is 0. The molecule has 0 radical (unpaired) electrons. The van der Waals surface area contributed by atoms with Crippen LogP contribution in [0.25, 0.3) is 0 Å². The number of thioether (sulfide) groups is 1. The van der Waals surface area contributed by atoms with Crippen LogP contribution in [-0.2, 0) is 0 Å². The zero-order valence-electron chi connectivity index (χ0n) is 11.5. The molecule has 1 unspecified atom stereocenters. The Kier molecular flexibility index (Phi) is 4.94. The monoisotopic (exact) mass is 303 g/mol. The first-order valence-corrected chi connectivity index (χ1v) is 8.36. The third kappa shape index (κ3) is 3.09. The van der Waals surface area contributed by atoms with E-state index in [0.717, 1.165) is 16.4 Å². The molecule has 0 aliphatic rings. The highest BCUT2D eigenvalue weighted by atomic mass is 32.2. The van der Waals surface area contributed by atoms with Crippen LogP contribution in [-0.4, -0.2) is 12.8 Å². The second-order valence-electron chi connectivity index (χ2n) is 4.51. The smallest absolute Gasteiger partial charge is 0.131 e. The fourth-order valence-electron chi connectivity index (χ4n) is 1.98. The number of hydrogen-bond donors (Lipinski definition) is 2. The summed E-state index contributed by atoms with van der Waals surface area (Å²) in [7, 11) is 0. The zero-order valence-corrected chi connectivity index (χ0v) is 13.1. The van der Waals surface area contributed by atoms with Gasteiger partial charge in [0, 0.05) is 6.54 Å². The van der Waals surface area contributed by atoms with E-state index in [1.54, 1.807) is 11.8 Å². The van der Waals surface area contributed by atoms with Crippen LogP contribution >= 0.6 is 23.1 Å². The average Bonchev–Trinajstić information content (AvgIpc) is 2.81. The Labute approximate surface area is 127 Å². The van der Waals surface area contributed by atoms with Crippen LogP contribution in [0.5, 0.6) is 0 Å². The van der Waals surface area contributed by atoms with Crippen molar-refractivity contribution in [3.8, 4) is 6.07 Å². The number of nitrogens with one attached hydrogen (secondary N) is 1. The van der Waals surface area contributed by atoms with Crippen molar-refractivity contribution < 1.29 is 0 Å². The molecule has 3 N–H and O–H groups in total. The van der Waals surface area contributed by atoms with Gasteiger partial charge in [-0.15, -0.1) is 23.1 Å². The highest BCUT2D eigenvalue weighted by molar-refractivity contribution is 7.99. The van der Waals surface area contributed by atoms with Gasteiger partial charge in [-0.25, -0.2) is 0 Å². The number of thiophene rings is 1. The number of nitrogens with zero attached hydrogens (tertiary/aromatic N) is 1. The van der Waals surface area contributed by atoms with Gasteiger partial charge in [-0.05, 0) is 17.7 Å². The maximum absolute atomic E-state index is 9.05. The average molecular weight is 303 g/mol. The van der Waals surface area contributed by atoms with Gasteiger partial charge in [-0.2, -0.15) is 5.26 Å². The molecule has 0 aliphatic carbocycles. The van der Waals surface area contributed by atoms with Crippen molar-refractivity contribution in [2.75, 3.05) is 23.9 Å². The molecule has 1 heterocycles. The normalized spacial score (nSPS) is 11.8. The summed E-state index contributed by atoms with van der Waals surface area (Å²) in [6.45, 7) is 3.01. The topological polar surface area (TPSA) is 61.8 Å². The summed E-state index contributed by atoms with van der Waals surface area (Å²) in [4.78, 5) is 1.57. The molecule has 0 saturated heterocycles. The Hall–Kier alpha value is -1.64. The van der Waals surface area contributed by atoms with E-state index in [0.29, 0.717) is 16.5 Å². The number of hydrogen-bond acceptors (Lipinski definition) is 5.